The van der Waals surface area contributed by atoms with Crippen LogP contribution in [-0.4, -0.2) is 52.4 Å². The molecule has 27 heavy (non-hydrogen) atoms. The Kier molecular flexibility index (Phi) is 6.01. The summed E-state index contributed by atoms with van der Waals surface area (Å²) in [5.41, 5.74) is 1.76. The Bertz CT molecular complexity index is 814. The molecular formula is C19H23ClN4O3. The van der Waals surface area contributed by atoms with Gasteiger partial charge in [0.15, 0.2) is 0 Å². The number of aromatic nitrogens is 2. The zero-order valence-electron chi connectivity index (χ0n) is 15.4. The second-order valence-corrected chi connectivity index (χ2v) is 6.79. The van der Waals surface area contributed by atoms with Gasteiger partial charge in [-0.15, -0.1) is 0 Å². The van der Waals surface area contributed by atoms with Crippen molar-refractivity contribution in [2.24, 2.45) is 0 Å². The maximum atomic E-state index is 12.8. The summed E-state index contributed by atoms with van der Waals surface area (Å²) in [7, 11) is 0. The summed E-state index contributed by atoms with van der Waals surface area (Å²) in [6, 6.07) is 9.43. The van der Waals surface area contributed by atoms with Gasteiger partial charge in [-0.05, 0) is 38.8 Å². The van der Waals surface area contributed by atoms with Crippen LogP contribution in [0.4, 0.5) is 4.79 Å². The van der Waals surface area contributed by atoms with E-state index in [1.165, 1.54) is 0 Å². The molecule has 1 aromatic carbocycles. The molecule has 0 bridgehead atoms. The van der Waals surface area contributed by atoms with Crippen molar-refractivity contribution in [2.45, 2.75) is 32.7 Å². The normalized spacial score (nSPS) is 14.9. The van der Waals surface area contributed by atoms with E-state index in [1.807, 2.05) is 30.3 Å². The molecular weight excluding hydrogens is 368 g/mol. The first kappa shape index (κ1) is 19.2. The molecule has 0 atom stereocenters. The van der Waals surface area contributed by atoms with Gasteiger partial charge in [0.05, 0.1) is 23.6 Å². The van der Waals surface area contributed by atoms with Crippen LogP contribution < -0.4 is 5.32 Å². The van der Waals surface area contributed by atoms with Crippen LogP contribution in [0.5, 0.6) is 0 Å². The predicted octanol–water partition coefficient (Wildman–Crippen LogP) is 3.18. The summed E-state index contributed by atoms with van der Waals surface area (Å²) in [6.07, 6.45) is 1.05. The van der Waals surface area contributed by atoms with Crippen LogP contribution in [0.2, 0.25) is 5.15 Å². The van der Waals surface area contributed by atoms with E-state index in [0.717, 1.165) is 5.69 Å². The van der Waals surface area contributed by atoms with E-state index in [2.05, 4.69) is 10.4 Å². The smallest absolute Gasteiger partial charge is 0.409 e. The highest BCUT2D eigenvalue weighted by Crippen LogP contribution is 2.24. The molecule has 0 aliphatic carbocycles. The fourth-order valence-corrected chi connectivity index (χ4v) is 3.53. The van der Waals surface area contributed by atoms with Crippen molar-refractivity contribution < 1.29 is 14.3 Å². The molecule has 3 rings (SSSR count). The number of amides is 2. The van der Waals surface area contributed by atoms with Gasteiger partial charge < -0.3 is 15.0 Å². The van der Waals surface area contributed by atoms with Crippen molar-refractivity contribution in [3.05, 3.63) is 46.7 Å². The van der Waals surface area contributed by atoms with Crippen LogP contribution in [0.25, 0.3) is 5.69 Å². The van der Waals surface area contributed by atoms with Crippen molar-refractivity contribution in [1.29, 1.82) is 0 Å². The van der Waals surface area contributed by atoms with E-state index < -0.39 is 0 Å². The van der Waals surface area contributed by atoms with Gasteiger partial charge in [0.25, 0.3) is 5.91 Å². The minimum Gasteiger partial charge on any atom is -0.450 e. The number of benzene rings is 1. The maximum Gasteiger partial charge on any atom is 0.409 e. The highest BCUT2D eigenvalue weighted by Gasteiger charge is 2.27. The molecule has 144 valence electrons. The van der Waals surface area contributed by atoms with Crippen molar-refractivity contribution in [2.75, 3.05) is 19.7 Å². The van der Waals surface area contributed by atoms with Crippen LogP contribution in [0.3, 0.4) is 0 Å². The molecule has 2 heterocycles. The van der Waals surface area contributed by atoms with Gasteiger partial charge in [-0.3, -0.25) is 4.79 Å². The van der Waals surface area contributed by atoms with Gasteiger partial charge in [0.1, 0.15) is 5.15 Å². The lowest BCUT2D eigenvalue weighted by Gasteiger charge is -2.31. The number of carbonyl (C=O) groups is 2. The number of rotatable bonds is 4. The topological polar surface area (TPSA) is 76.5 Å². The second-order valence-electron chi connectivity index (χ2n) is 6.43. The molecule has 0 saturated carbocycles. The van der Waals surface area contributed by atoms with E-state index in [1.54, 1.807) is 23.4 Å². The van der Waals surface area contributed by atoms with Crippen molar-refractivity contribution in [3.63, 3.8) is 0 Å². The standard InChI is InChI=1S/C19H23ClN4O3/c1-3-27-19(26)23-11-9-14(10-12-23)21-18(25)16-13(2)22-24(17(16)20)15-7-5-4-6-8-15/h4-8,14H,3,9-12H2,1-2H3,(H,21,25). The van der Waals surface area contributed by atoms with Gasteiger partial charge in [0, 0.05) is 19.1 Å². The molecule has 2 amide bonds. The van der Waals surface area contributed by atoms with E-state index in [0.29, 0.717) is 48.9 Å². The number of hydrogen-bond donors (Lipinski definition) is 1. The maximum absolute atomic E-state index is 12.8. The molecule has 7 nitrogen and oxygen atoms in total. The third-order valence-electron chi connectivity index (χ3n) is 4.59. The number of para-hydroxylation sites is 1. The van der Waals surface area contributed by atoms with Gasteiger partial charge in [-0.25, -0.2) is 9.48 Å². The monoisotopic (exact) mass is 390 g/mol. The lowest BCUT2D eigenvalue weighted by atomic mass is 10.0. The van der Waals surface area contributed by atoms with Gasteiger partial charge >= 0.3 is 6.09 Å². The van der Waals surface area contributed by atoms with E-state index in [-0.39, 0.29) is 18.0 Å². The number of nitrogens with zero attached hydrogens (tertiary/aromatic N) is 3. The number of nitrogens with one attached hydrogen (secondary N) is 1. The first-order valence-corrected chi connectivity index (χ1v) is 9.42. The average Bonchev–Trinajstić information content (AvgIpc) is 2.97. The SMILES string of the molecule is CCOC(=O)N1CCC(NC(=O)c2c(C)nn(-c3ccccc3)c2Cl)CC1. The van der Waals surface area contributed by atoms with Gasteiger partial charge in [0.2, 0.25) is 0 Å². The highest BCUT2D eigenvalue weighted by atomic mass is 35.5. The first-order valence-electron chi connectivity index (χ1n) is 9.04. The number of hydrogen-bond acceptors (Lipinski definition) is 4. The molecule has 1 fully saturated rings. The van der Waals surface area contributed by atoms with E-state index in [4.69, 9.17) is 16.3 Å². The molecule has 1 aliphatic rings. The summed E-state index contributed by atoms with van der Waals surface area (Å²) >= 11 is 6.45. The number of halogens is 1. The summed E-state index contributed by atoms with van der Waals surface area (Å²) in [5, 5.41) is 7.71. The Morgan fingerprint density at radius 3 is 2.56 bits per heavy atom. The number of aryl methyl sites for hydroxylation is 1. The summed E-state index contributed by atoms with van der Waals surface area (Å²) < 4.78 is 6.58. The molecule has 1 aliphatic heterocycles. The number of piperidine rings is 1. The first-order chi connectivity index (χ1) is 13.0. The van der Waals surface area contributed by atoms with Crippen molar-refractivity contribution >= 4 is 23.6 Å². The molecule has 0 unspecified atom stereocenters. The lowest BCUT2D eigenvalue weighted by molar-refractivity contribution is 0.0860. The Balaban J connectivity index is 1.66. The minimum atomic E-state index is -0.301. The van der Waals surface area contributed by atoms with Crippen LogP contribution in [0.15, 0.2) is 30.3 Å². The fraction of sp³-hybridized carbons (Fsp3) is 0.421. The van der Waals surface area contributed by atoms with E-state index >= 15 is 0 Å². The largest absolute Gasteiger partial charge is 0.450 e. The summed E-state index contributed by atoms with van der Waals surface area (Å²) in [6.45, 7) is 5.02. The molecule has 0 spiro atoms. The number of likely N-dealkylation sites (tertiary alicyclic amines) is 1. The highest BCUT2D eigenvalue weighted by molar-refractivity contribution is 6.33. The molecule has 8 heteroatoms. The lowest BCUT2D eigenvalue weighted by Crippen LogP contribution is -2.46. The Labute approximate surface area is 163 Å². The van der Waals surface area contributed by atoms with Crippen molar-refractivity contribution in [1.82, 2.24) is 20.0 Å². The zero-order chi connectivity index (χ0) is 19.4. The van der Waals surface area contributed by atoms with Crippen LogP contribution >= 0.6 is 11.6 Å². The molecule has 1 saturated heterocycles. The molecule has 2 aromatic rings. The average molecular weight is 391 g/mol. The Morgan fingerprint density at radius 1 is 1.26 bits per heavy atom. The van der Waals surface area contributed by atoms with Crippen LogP contribution in [0, 0.1) is 6.92 Å². The van der Waals surface area contributed by atoms with Crippen LogP contribution in [-0.2, 0) is 4.74 Å². The third-order valence-corrected chi connectivity index (χ3v) is 4.94. The molecule has 0 radical (unpaired) electrons. The third kappa shape index (κ3) is 4.24. The second kappa shape index (κ2) is 8.43. The Morgan fingerprint density at radius 2 is 1.93 bits per heavy atom. The van der Waals surface area contributed by atoms with Gasteiger partial charge in [-0.1, -0.05) is 29.8 Å². The van der Waals surface area contributed by atoms with Gasteiger partial charge in [-0.2, -0.15) is 5.10 Å². The minimum absolute atomic E-state index is 0.0151. The molecule has 1 N–H and O–H groups in total. The van der Waals surface area contributed by atoms with E-state index in [9.17, 15) is 9.59 Å². The van der Waals surface area contributed by atoms with Crippen LogP contribution in [0.1, 0.15) is 35.8 Å². The summed E-state index contributed by atoms with van der Waals surface area (Å²) in [5.74, 6) is -0.241. The summed E-state index contributed by atoms with van der Waals surface area (Å²) in [4.78, 5) is 26.2. The van der Waals surface area contributed by atoms with Crippen molar-refractivity contribution in [3.8, 4) is 5.69 Å². The fourth-order valence-electron chi connectivity index (χ4n) is 3.18. The predicted molar refractivity (Wildman–Crippen MR) is 102 cm³/mol. The molecule has 1 aromatic heterocycles. The number of carbonyl (C=O) groups excluding carboxylic acids is 2. The Hall–Kier alpha value is -2.54. The number of ether oxygens (including phenoxy) is 1. The quantitative estimate of drug-likeness (QED) is 0.869. The zero-order valence-corrected chi connectivity index (χ0v) is 16.2.